The molecule has 9 N–H and O–H groups in total. The van der Waals surface area contributed by atoms with Crippen LogP contribution in [-0.4, -0.2) is 87.3 Å². The van der Waals surface area contributed by atoms with Gasteiger partial charge >= 0.3 is 11.9 Å². The maximum absolute atomic E-state index is 12.8. The van der Waals surface area contributed by atoms with E-state index in [1.54, 1.807) is 24.3 Å². The van der Waals surface area contributed by atoms with Gasteiger partial charge in [-0.3, -0.25) is 9.59 Å². The second kappa shape index (κ2) is 9.20. The highest BCUT2D eigenvalue weighted by molar-refractivity contribution is 5.76. The molecule has 5 saturated carbocycles. The molecule has 232 valence electrons. The molecule has 5 aliphatic carbocycles. The third-order valence-electron chi connectivity index (χ3n) is 12.3. The van der Waals surface area contributed by atoms with E-state index in [4.69, 9.17) is 10.5 Å². The lowest BCUT2D eigenvalue weighted by atomic mass is 9.65. The Kier molecular flexibility index (Phi) is 6.55. The SMILES string of the molecule is NC(CCC1(O)[C@@]2(O)C3(CCCCC3)[C@]2(O)C(O)(CC(=O)O)[C@@]2(O)C3(CCCCC3)[C@@]12O)C(=O)OCc1ccccc1. The number of carboxylic acid groups (broad SMARTS) is 1. The molecule has 2 spiro atoms. The Balaban J connectivity index is 1.40. The van der Waals surface area contributed by atoms with Crippen LogP contribution in [0.25, 0.3) is 0 Å². The molecule has 1 aromatic carbocycles. The summed E-state index contributed by atoms with van der Waals surface area (Å²) in [5, 5.41) is 84.9. The molecule has 5 fully saturated rings. The van der Waals surface area contributed by atoms with Crippen LogP contribution in [0.5, 0.6) is 0 Å². The maximum atomic E-state index is 12.8. The van der Waals surface area contributed by atoms with Gasteiger partial charge in [0.25, 0.3) is 0 Å². The van der Waals surface area contributed by atoms with Crippen molar-refractivity contribution in [2.75, 3.05) is 0 Å². The van der Waals surface area contributed by atoms with Gasteiger partial charge in [0.05, 0.1) is 6.42 Å². The summed E-state index contributed by atoms with van der Waals surface area (Å²) in [6.07, 6.45) is 2.31. The molecule has 0 saturated heterocycles. The monoisotopic (exact) mass is 589 g/mol. The first-order valence-electron chi connectivity index (χ1n) is 15.2. The zero-order valence-corrected chi connectivity index (χ0v) is 23.8. The molecule has 42 heavy (non-hydrogen) atoms. The average Bonchev–Trinajstić information content (AvgIpc) is 3.62. The van der Waals surface area contributed by atoms with E-state index in [0.29, 0.717) is 25.7 Å². The quantitative estimate of drug-likeness (QED) is 0.197. The minimum Gasteiger partial charge on any atom is -0.481 e. The molecule has 0 heterocycles. The molecule has 6 rings (SSSR count). The summed E-state index contributed by atoms with van der Waals surface area (Å²) in [5.41, 5.74) is -12.1. The number of fused-ring (bicyclic) bond motifs is 6. The van der Waals surface area contributed by atoms with E-state index >= 15 is 0 Å². The van der Waals surface area contributed by atoms with Crippen molar-refractivity contribution < 1.29 is 50.1 Å². The summed E-state index contributed by atoms with van der Waals surface area (Å²) in [7, 11) is 0. The summed E-state index contributed by atoms with van der Waals surface area (Å²) in [5.74, 6) is -2.29. The fraction of sp³-hybridized carbons (Fsp3) is 0.742. The van der Waals surface area contributed by atoms with E-state index in [-0.39, 0.29) is 38.7 Å². The van der Waals surface area contributed by atoms with Crippen molar-refractivity contribution in [2.24, 2.45) is 16.6 Å². The first-order chi connectivity index (χ1) is 19.7. The number of carbonyl (C=O) groups is 2. The summed E-state index contributed by atoms with van der Waals surface area (Å²) >= 11 is 0. The van der Waals surface area contributed by atoms with Gasteiger partial charge in [-0.15, -0.1) is 0 Å². The number of hydrogen-bond acceptors (Lipinski definition) is 10. The lowest BCUT2D eigenvalue weighted by molar-refractivity contribution is -0.304. The highest BCUT2D eigenvalue weighted by Gasteiger charge is 3.14. The van der Waals surface area contributed by atoms with Crippen LogP contribution >= 0.6 is 0 Å². The molecule has 0 amide bonds. The van der Waals surface area contributed by atoms with E-state index in [9.17, 15) is 45.3 Å². The van der Waals surface area contributed by atoms with Gasteiger partial charge in [0.15, 0.2) is 0 Å². The van der Waals surface area contributed by atoms with Gasteiger partial charge in [-0.1, -0.05) is 68.9 Å². The molecule has 11 nitrogen and oxygen atoms in total. The summed E-state index contributed by atoms with van der Waals surface area (Å²) in [6, 6.07) is 7.71. The number of rotatable bonds is 8. The molecule has 3 unspecified atom stereocenters. The third kappa shape index (κ3) is 2.96. The van der Waals surface area contributed by atoms with Crippen LogP contribution in [0, 0.1) is 10.8 Å². The summed E-state index contributed by atoms with van der Waals surface area (Å²) in [4.78, 5) is 25.0. The Bertz CT molecular complexity index is 1210. The first-order valence-corrected chi connectivity index (χ1v) is 15.2. The van der Waals surface area contributed by atoms with Crippen molar-refractivity contribution in [2.45, 2.75) is 130 Å². The molecular formula is C31H43NO10. The molecule has 11 heteroatoms. The topological polar surface area (TPSA) is 211 Å². The van der Waals surface area contributed by atoms with Crippen LogP contribution in [-0.2, 0) is 20.9 Å². The zero-order valence-electron chi connectivity index (χ0n) is 23.8. The van der Waals surface area contributed by atoms with Crippen molar-refractivity contribution in [3.8, 4) is 0 Å². The molecule has 1 aromatic rings. The number of aliphatic hydroxyl groups is 6. The van der Waals surface area contributed by atoms with E-state index in [2.05, 4.69) is 0 Å². The van der Waals surface area contributed by atoms with Gasteiger partial charge < -0.3 is 46.2 Å². The van der Waals surface area contributed by atoms with Crippen molar-refractivity contribution in [1.82, 2.24) is 0 Å². The Morgan fingerprint density at radius 2 is 1.19 bits per heavy atom. The van der Waals surface area contributed by atoms with Gasteiger partial charge in [-0.2, -0.15) is 0 Å². The summed E-state index contributed by atoms with van der Waals surface area (Å²) in [6.45, 7) is -0.0283. The zero-order chi connectivity index (χ0) is 30.5. The van der Waals surface area contributed by atoms with Crippen LogP contribution in [0.15, 0.2) is 30.3 Å². The number of benzene rings is 1. The number of carboxylic acids is 1. The molecule has 0 aromatic heterocycles. The minimum absolute atomic E-state index is 0.0283. The number of ether oxygens (including phenoxy) is 1. The largest absolute Gasteiger partial charge is 0.481 e. The lowest BCUT2D eigenvalue weighted by Gasteiger charge is -2.51. The third-order valence-corrected chi connectivity index (χ3v) is 12.3. The fourth-order valence-corrected chi connectivity index (χ4v) is 10.5. The summed E-state index contributed by atoms with van der Waals surface area (Å²) < 4.78 is 5.35. The molecule has 5 aliphatic rings. The van der Waals surface area contributed by atoms with Crippen molar-refractivity contribution >= 4 is 11.9 Å². The number of carbonyl (C=O) groups excluding carboxylic acids is 1. The fourth-order valence-electron chi connectivity index (χ4n) is 10.5. The van der Waals surface area contributed by atoms with E-state index in [1.165, 1.54) is 0 Å². The second-order valence-corrected chi connectivity index (χ2v) is 13.7. The maximum Gasteiger partial charge on any atom is 0.323 e. The number of aliphatic carboxylic acids is 1. The minimum atomic E-state index is -2.85. The molecule has 7 atom stereocenters. The average molecular weight is 590 g/mol. The highest BCUT2D eigenvalue weighted by atomic mass is 16.5. The van der Waals surface area contributed by atoms with Crippen LogP contribution in [0.3, 0.4) is 0 Å². The van der Waals surface area contributed by atoms with Crippen molar-refractivity contribution in [3.63, 3.8) is 0 Å². The van der Waals surface area contributed by atoms with E-state index in [1.807, 2.05) is 6.07 Å². The molecular weight excluding hydrogens is 546 g/mol. The first kappa shape index (κ1) is 29.9. The standard InChI is InChI=1S/C31H43NO10/c32-21(23(35)42-19-20-10-4-1-5-11-20)12-17-26(36)28(38)24(13-6-2-7-14-24)30(28,40)27(37,18-22(33)34)31(41)25(29(26,31)39)15-8-3-9-16-25/h1,4-5,10-11,21,36-41H,2-3,6-9,12-19,32H2,(H,33,34)/t21?,26?,27?,28-,29+,30-,31-/m0/s1. The normalized spacial score (nSPS) is 43.2. The van der Waals surface area contributed by atoms with Gasteiger partial charge in [0, 0.05) is 10.8 Å². The molecule has 0 radical (unpaired) electrons. The van der Waals surface area contributed by atoms with Crippen LogP contribution < -0.4 is 5.73 Å². The predicted molar refractivity (Wildman–Crippen MR) is 146 cm³/mol. The van der Waals surface area contributed by atoms with Gasteiger partial charge in [0.2, 0.25) is 0 Å². The van der Waals surface area contributed by atoms with E-state index in [0.717, 1.165) is 18.4 Å². The van der Waals surface area contributed by atoms with Gasteiger partial charge in [-0.25, -0.2) is 0 Å². The predicted octanol–water partition coefficient (Wildman–Crippen LogP) is 0.640. The smallest absolute Gasteiger partial charge is 0.323 e. The number of nitrogens with two attached hydrogens (primary N) is 1. The molecule has 0 bridgehead atoms. The Morgan fingerprint density at radius 1 is 0.738 bits per heavy atom. The Hall–Kier alpha value is -2.12. The van der Waals surface area contributed by atoms with Crippen molar-refractivity contribution in [3.05, 3.63) is 35.9 Å². The number of esters is 1. The Labute approximate surface area is 244 Å². The lowest BCUT2D eigenvalue weighted by Crippen LogP contribution is -2.76. The van der Waals surface area contributed by atoms with Crippen LogP contribution in [0.4, 0.5) is 0 Å². The Morgan fingerprint density at radius 3 is 1.64 bits per heavy atom. The molecule has 0 aliphatic heterocycles. The van der Waals surface area contributed by atoms with Crippen LogP contribution in [0.1, 0.15) is 89.0 Å². The van der Waals surface area contributed by atoms with Crippen LogP contribution in [0.2, 0.25) is 0 Å². The van der Waals surface area contributed by atoms with Gasteiger partial charge in [0.1, 0.15) is 46.3 Å². The number of hydrogen-bond donors (Lipinski definition) is 8. The van der Waals surface area contributed by atoms with Gasteiger partial charge in [-0.05, 0) is 44.1 Å². The second-order valence-electron chi connectivity index (χ2n) is 13.7. The van der Waals surface area contributed by atoms with E-state index < -0.39 is 75.3 Å². The van der Waals surface area contributed by atoms with Crippen molar-refractivity contribution in [1.29, 1.82) is 0 Å². The highest BCUT2D eigenvalue weighted by Crippen LogP contribution is 2.94.